The highest BCUT2D eigenvalue weighted by Crippen LogP contribution is 2.19. The van der Waals surface area contributed by atoms with Crippen LogP contribution in [-0.2, 0) is 10.1 Å². The molecule has 0 aromatic rings. The lowest BCUT2D eigenvalue weighted by molar-refractivity contribution is -0.915. The Bertz CT molecular complexity index is 268. The first kappa shape index (κ1) is 11.9. The Labute approximate surface area is 86.3 Å². The van der Waals surface area contributed by atoms with Crippen molar-refractivity contribution in [1.29, 1.82) is 0 Å². The van der Waals surface area contributed by atoms with Crippen LogP contribution in [0.4, 0.5) is 0 Å². The minimum absolute atomic E-state index is 0.0903. The summed E-state index contributed by atoms with van der Waals surface area (Å²) in [5, 5.41) is 0. The Morgan fingerprint density at radius 3 is 2.29 bits per heavy atom. The topological polar surface area (TPSA) is 54.4 Å². The molecule has 0 atom stereocenters. The van der Waals surface area contributed by atoms with Crippen LogP contribution >= 0.6 is 0 Å². The molecule has 0 bridgehead atoms. The maximum atomic E-state index is 10.5. The first-order valence-electron chi connectivity index (χ1n) is 5.28. The molecule has 1 aliphatic heterocycles. The zero-order valence-electron chi connectivity index (χ0n) is 8.78. The summed E-state index contributed by atoms with van der Waals surface area (Å²) in [7, 11) is -3.76. The van der Waals surface area contributed by atoms with E-state index < -0.39 is 10.1 Å². The molecule has 0 aromatic carbocycles. The average molecular weight is 222 g/mol. The summed E-state index contributed by atoms with van der Waals surface area (Å²) in [5.74, 6) is -0.0903. The highest BCUT2D eigenvalue weighted by molar-refractivity contribution is 7.85. The SMILES string of the molecule is CC[N+]1(CCCS(=O)(=O)O)CCCC1. The van der Waals surface area contributed by atoms with Crippen molar-refractivity contribution in [2.24, 2.45) is 0 Å². The number of hydrogen-bond acceptors (Lipinski definition) is 2. The second kappa shape index (κ2) is 4.59. The van der Waals surface area contributed by atoms with Crippen LogP contribution < -0.4 is 0 Å². The summed E-state index contributed by atoms with van der Waals surface area (Å²) in [6.45, 7) is 6.45. The molecule has 0 spiro atoms. The molecule has 1 fully saturated rings. The molecule has 4 nitrogen and oxygen atoms in total. The van der Waals surface area contributed by atoms with E-state index in [1.54, 1.807) is 0 Å². The average Bonchev–Trinajstić information content (AvgIpc) is 2.52. The Morgan fingerprint density at radius 2 is 1.86 bits per heavy atom. The standard InChI is InChI=1S/C9H19NO3S/c1-2-10(6-3-4-7-10)8-5-9-14(11,12)13/h2-9H2,1H3/p+1. The lowest BCUT2D eigenvalue weighted by atomic mass is 10.3. The zero-order valence-corrected chi connectivity index (χ0v) is 9.59. The summed E-state index contributed by atoms with van der Waals surface area (Å²) in [5.41, 5.74) is 0. The normalized spacial score (nSPS) is 21.3. The van der Waals surface area contributed by atoms with Gasteiger partial charge in [0.15, 0.2) is 0 Å². The maximum Gasteiger partial charge on any atom is 0.265 e. The summed E-state index contributed by atoms with van der Waals surface area (Å²) >= 11 is 0. The minimum Gasteiger partial charge on any atom is -0.324 e. The molecule has 0 aromatic heterocycles. The molecule has 0 saturated carbocycles. The molecule has 0 amide bonds. The van der Waals surface area contributed by atoms with Crippen molar-refractivity contribution in [3.8, 4) is 0 Å². The molecular weight excluding hydrogens is 202 g/mol. The van der Waals surface area contributed by atoms with Gasteiger partial charge in [-0.2, -0.15) is 8.42 Å². The summed E-state index contributed by atoms with van der Waals surface area (Å²) in [6, 6.07) is 0. The Kier molecular flexibility index (Phi) is 3.92. The van der Waals surface area contributed by atoms with Crippen molar-refractivity contribution in [3.63, 3.8) is 0 Å². The number of likely N-dealkylation sites (tertiary alicyclic amines) is 1. The number of nitrogens with zero attached hydrogens (tertiary/aromatic N) is 1. The monoisotopic (exact) mass is 222 g/mol. The molecule has 84 valence electrons. The third-order valence-electron chi connectivity index (χ3n) is 3.22. The van der Waals surface area contributed by atoms with E-state index in [2.05, 4.69) is 6.92 Å². The lowest BCUT2D eigenvalue weighted by Gasteiger charge is -2.32. The Hall–Kier alpha value is -0.130. The van der Waals surface area contributed by atoms with Crippen molar-refractivity contribution < 1.29 is 17.5 Å². The first-order chi connectivity index (χ1) is 6.47. The zero-order chi connectivity index (χ0) is 10.7. The van der Waals surface area contributed by atoms with Gasteiger partial charge < -0.3 is 4.48 Å². The molecule has 1 saturated heterocycles. The molecular formula is C9H20NO3S+. The predicted molar refractivity (Wildman–Crippen MR) is 55.7 cm³/mol. The van der Waals surface area contributed by atoms with Crippen molar-refractivity contribution in [3.05, 3.63) is 0 Å². The van der Waals surface area contributed by atoms with E-state index in [9.17, 15) is 8.42 Å². The number of rotatable bonds is 5. The van der Waals surface area contributed by atoms with Crippen LogP contribution in [0.3, 0.4) is 0 Å². The second-order valence-corrected chi connectivity index (χ2v) is 5.75. The van der Waals surface area contributed by atoms with Crippen molar-refractivity contribution in [2.75, 3.05) is 31.9 Å². The van der Waals surface area contributed by atoms with E-state index in [4.69, 9.17) is 4.55 Å². The Balaban J connectivity index is 2.35. The van der Waals surface area contributed by atoms with Gasteiger partial charge in [-0.05, 0) is 6.92 Å². The molecule has 5 heteroatoms. The summed E-state index contributed by atoms with van der Waals surface area (Å²) in [6.07, 6.45) is 3.08. The van der Waals surface area contributed by atoms with Gasteiger partial charge in [-0.1, -0.05) is 0 Å². The predicted octanol–water partition coefficient (Wildman–Crippen LogP) is 0.895. The van der Waals surface area contributed by atoms with Gasteiger partial charge in [0.05, 0.1) is 31.9 Å². The van der Waals surface area contributed by atoms with Gasteiger partial charge in [-0.15, -0.1) is 0 Å². The molecule has 1 N–H and O–H groups in total. The lowest BCUT2D eigenvalue weighted by Crippen LogP contribution is -2.46. The molecule has 1 aliphatic rings. The quantitative estimate of drug-likeness (QED) is 0.555. The van der Waals surface area contributed by atoms with Crippen LogP contribution in [0, 0.1) is 0 Å². The van der Waals surface area contributed by atoms with Gasteiger partial charge in [0.2, 0.25) is 0 Å². The van der Waals surface area contributed by atoms with Crippen LogP contribution in [0.1, 0.15) is 26.2 Å². The van der Waals surface area contributed by atoms with Crippen LogP contribution in [-0.4, -0.2) is 49.4 Å². The van der Waals surface area contributed by atoms with E-state index in [-0.39, 0.29) is 5.75 Å². The van der Waals surface area contributed by atoms with Crippen molar-refractivity contribution in [1.82, 2.24) is 0 Å². The van der Waals surface area contributed by atoms with E-state index >= 15 is 0 Å². The smallest absolute Gasteiger partial charge is 0.265 e. The fourth-order valence-electron chi connectivity index (χ4n) is 2.29. The van der Waals surface area contributed by atoms with Gasteiger partial charge in [0.25, 0.3) is 10.1 Å². The molecule has 0 aliphatic carbocycles. The molecule has 1 rings (SSSR count). The van der Waals surface area contributed by atoms with Crippen LogP contribution in [0.15, 0.2) is 0 Å². The van der Waals surface area contributed by atoms with Crippen LogP contribution in [0.2, 0.25) is 0 Å². The molecule has 1 heterocycles. The molecule has 0 radical (unpaired) electrons. The third-order valence-corrected chi connectivity index (χ3v) is 4.03. The summed E-state index contributed by atoms with van der Waals surface area (Å²) in [4.78, 5) is 0. The van der Waals surface area contributed by atoms with Gasteiger partial charge in [-0.3, -0.25) is 4.55 Å². The van der Waals surface area contributed by atoms with E-state index in [1.165, 1.54) is 25.9 Å². The third kappa shape index (κ3) is 3.55. The van der Waals surface area contributed by atoms with E-state index in [1.807, 2.05) is 0 Å². The molecule has 0 unspecified atom stereocenters. The molecule has 14 heavy (non-hydrogen) atoms. The largest absolute Gasteiger partial charge is 0.324 e. The fourth-order valence-corrected chi connectivity index (χ4v) is 2.78. The first-order valence-corrected chi connectivity index (χ1v) is 6.89. The van der Waals surface area contributed by atoms with Gasteiger partial charge in [0, 0.05) is 19.3 Å². The van der Waals surface area contributed by atoms with E-state index in [0.29, 0.717) is 6.42 Å². The fraction of sp³-hybridized carbons (Fsp3) is 1.00. The highest BCUT2D eigenvalue weighted by Gasteiger charge is 2.29. The Morgan fingerprint density at radius 1 is 1.29 bits per heavy atom. The number of hydrogen-bond donors (Lipinski definition) is 1. The van der Waals surface area contributed by atoms with E-state index in [0.717, 1.165) is 17.6 Å². The van der Waals surface area contributed by atoms with Gasteiger partial charge >= 0.3 is 0 Å². The minimum atomic E-state index is -3.76. The highest BCUT2D eigenvalue weighted by atomic mass is 32.2. The van der Waals surface area contributed by atoms with Crippen LogP contribution in [0.25, 0.3) is 0 Å². The maximum absolute atomic E-state index is 10.5. The van der Waals surface area contributed by atoms with Gasteiger partial charge in [-0.25, -0.2) is 0 Å². The van der Waals surface area contributed by atoms with Crippen molar-refractivity contribution >= 4 is 10.1 Å². The van der Waals surface area contributed by atoms with Crippen LogP contribution in [0.5, 0.6) is 0 Å². The summed E-state index contributed by atoms with van der Waals surface area (Å²) < 4.78 is 30.7. The second-order valence-electron chi connectivity index (χ2n) is 4.18. The van der Waals surface area contributed by atoms with Gasteiger partial charge in [0.1, 0.15) is 0 Å². The number of quaternary nitrogens is 1. The van der Waals surface area contributed by atoms with Crippen molar-refractivity contribution in [2.45, 2.75) is 26.2 Å².